The summed E-state index contributed by atoms with van der Waals surface area (Å²) in [6.07, 6.45) is 0. The fraction of sp³-hybridized carbons (Fsp3) is 0.0833. The number of carbonyl (C=O) groups is 1. The van der Waals surface area contributed by atoms with Crippen LogP contribution in [0, 0.1) is 6.92 Å². The number of halogens is 2. The lowest BCUT2D eigenvalue weighted by molar-refractivity contribution is 0.103. The van der Waals surface area contributed by atoms with Crippen molar-refractivity contribution >= 4 is 56.1 Å². The Kier molecular flexibility index (Phi) is 3.94. The van der Waals surface area contributed by atoms with Crippen LogP contribution in [0.2, 0.25) is 5.02 Å². The number of nitrogens with one attached hydrogen (secondary N) is 1. The molecule has 94 valence electrons. The molecule has 0 unspecified atom stereocenters. The third kappa shape index (κ3) is 2.68. The van der Waals surface area contributed by atoms with E-state index in [0.717, 1.165) is 10.0 Å². The fourth-order valence-electron chi connectivity index (χ4n) is 1.40. The largest absolute Gasteiger partial charge is 0.399 e. The second-order valence-electron chi connectivity index (χ2n) is 3.76. The molecule has 1 aromatic heterocycles. The summed E-state index contributed by atoms with van der Waals surface area (Å²) in [5, 5.41) is 5.13. The maximum absolute atomic E-state index is 12.1. The summed E-state index contributed by atoms with van der Waals surface area (Å²) >= 11 is 10.7. The lowest BCUT2D eigenvalue weighted by atomic mass is 10.2. The molecular weight excluding hydrogens is 336 g/mol. The van der Waals surface area contributed by atoms with Gasteiger partial charge >= 0.3 is 0 Å². The van der Waals surface area contributed by atoms with Gasteiger partial charge < -0.3 is 11.1 Å². The second kappa shape index (κ2) is 5.30. The van der Waals surface area contributed by atoms with E-state index in [-0.39, 0.29) is 5.91 Å². The van der Waals surface area contributed by atoms with Gasteiger partial charge in [0.05, 0.1) is 10.7 Å². The number of carbonyl (C=O) groups excluding carboxylic acids is 1. The van der Waals surface area contributed by atoms with Crippen LogP contribution >= 0.6 is 38.9 Å². The maximum atomic E-state index is 12.1. The summed E-state index contributed by atoms with van der Waals surface area (Å²) in [7, 11) is 0. The molecule has 0 spiro atoms. The van der Waals surface area contributed by atoms with Crippen molar-refractivity contribution < 1.29 is 4.79 Å². The number of anilines is 2. The molecule has 0 aliphatic heterocycles. The van der Waals surface area contributed by atoms with Gasteiger partial charge in [0.2, 0.25) is 0 Å². The predicted molar refractivity (Wildman–Crippen MR) is 80.6 cm³/mol. The number of benzene rings is 1. The van der Waals surface area contributed by atoms with Gasteiger partial charge in [0, 0.05) is 10.2 Å². The van der Waals surface area contributed by atoms with Gasteiger partial charge in [0.25, 0.3) is 5.91 Å². The summed E-state index contributed by atoms with van der Waals surface area (Å²) in [4.78, 5) is 12.6. The zero-order valence-corrected chi connectivity index (χ0v) is 12.6. The standard InChI is InChI=1S/C12H10BrClN2OS/c1-6-5-18-11(10(6)14)12(17)16-9-4-7(15)2-3-8(9)13/h2-5H,15H2,1H3,(H,16,17). The fourth-order valence-corrected chi connectivity index (χ4v) is 2.92. The monoisotopic (exact) mass is 344 g/mol. The van der Waals surface area contributed by atoms with Crippen LogP contribution in [0.1, 0.15) is 15.2 Å². The molecule has 2 rings (SSSR count). The molecule has 0 fully saturated rings. The highest BCUT2D eigenvalue weighted by Crippen LogP contribution is 2.30. The van der Waals surface area contributed by atoms with Crippen LogP contribution in [-0.4, -0.2) is 5.91 Å². The van der Waals surface area contributed by atoms with Crippen LogP contribution in [0.3, 0.4) is 0 Å². The van der Waals surface area contributed by atoms with Crippen molar-refractivity contribution in [3.63, 3.8) is 0 Å². The summed E-state index contributed by atoms with van der Waals surface area (Å²) < 4.78 is 0.773. The Morgan fingerprint density at radius 3 is 2.83 bits per heavy atom. The minimum absolute atomic E-state index is 0.232. The molecule has 0 atom stereocenters. The van der Waals surface area contributed by atoms with Gasteiger partial charge in [-0.2, -0.15) is 0 Å². The van der Waals surface area contributed by atoms with Crippen LogP contribution in [0.25, 0.3) is 0 Å². The third-order valence-corrected chi connectivity index (χ3v) is 4.73. The Hall–Kier alpha value is -1.04. The highest BCUT2D eigenvalue weighted by molar-refractivity contribution is 9.10. The van der Waals surface area contributed by atoms with E-state index in [1.54, 1.807) is 18.2 Å². The maximum Gasteiger partial charge on any atom is 0.267 e. The molecule has 6 heteroatoms. The first kappa shape index (κ1) is 13.4. The van der Waals surface area contributed by atoms with Crippen LogP contribution in [0.15, 0.2) is 28.1 Å². The van der Waals surface area contributed by atoms with Gasteiger partial charge in [-0.25, -0.2) is 0 Å². The molecule has 3 nitrogen and oxygen atoms in total. The quantitative estimate of drug-likeness (QED) is 0.797. The van der Waals surface area contributed by atoms with Gasteiger partial charge in [0.1, 0.15) is 4.88 Å². The van der Waals surface area contributed by atoms with Gasteiger partial charge in [0.15, 0.2) is 0 Å². The van der Waals surface area contributed by atoms with Crippen molar-refractivity contribution in [2.75, 3.05) is 11.1 Å². The number of thiophene rings is 1. The number of amides is 1. The topological polar surface area (TPSA) is 55.1 Å². The van der Waals surface area contributed by atoms with Crippen molar-refractivity contribution in [3.05, 3.63) is 43.5 Å². The summed E-state index contributed by atoms with van der Waals surface area (Å²) in [5.74, 6) is -0.232. The van der Waals surface area contributed by atoms with Crippen molar-refractivity contribution in [3.8, 4) is 0 Å². The Bertz CT molecular complexity index is 612. The minimum Gasteiger partial charge on any atom is -0.399 e. The third-order valence-electron chi connectivity index (χ3n) is 2.34. The molecule has 0 bridgehead atoms. The van der Waals surface area contributed by atoms with Crippen molar-refractivity contribution in [2.24, 2.45) is 0 Å². The van der Waals surface area contributed by atoms with E-state index in [4.69, 9.17) is 17.3 Å². The molecular formula is C12H10BrClN2OS. The zero-order valence-electron chi connectivity index (χ0n) is 9.46. The molecule has 18 heavy (non-hydrogen) atoms. The lowest BCUT2D eigenvalue weighted by Gasteiger charge is -2.07. The van der Waals surface area contributed by atoms with E-state index in [1.807, 2.05) is 12.3 Å². The smallest absolute Gasteiger partial charge is 0.267 e. The van der Waals surface area contributed by atoms with Crippen LogP contribution in [0.5, 0.6) is 0 Å². The molecule has 1 amide bonds. The second-order valence-corrected chi connectivity index (χ2v) is 5.87. The van der Waals surface area contributed by atoms with Crippen LogP contribution < -0.4 is 11.1 Å². The zero-order chi connectivity index (χ0) is 13.3. The number of hydrogen-bond donors (Lipinski definition) is 2. The molecule has 0 saturated carbocycles. The normalized spacial score (nSPS) is 10.4. The van der Waals surface area contributed by atoms with Crippen molar-refractivity contribution in [1.29, 1.82) is 0 Å². The van der Waals surface area contributed by atoms with E-state index in [9.17, 15) is 4.79 Å². The molecule has 0 radical (unpaired) electrons. The molecule has 1 heterocycles. The number of nitrogen functional groups attached to an aromatic ring is 1. The summed E-state index contributed by atoms with van der Waals surface area (Å²) in [5.41, 5.74) is 7.79. The van der Waals surface area contributed by atoms with Gasteiger partial charge in [-0.15, -0.1) is 11.3 Å². The molecule has 0 saturated heterocycles. The first-order chi connectivity index (χ1) is 8.49. The van der Waals surface area contributed by atoms with E-state index in [0.29, 0.717) is 21.3 Å². The van der Waals surface area contributed by atoms with Crippen molar-refractivity contribution in [1.82, 2.24) is 0 Å². The van der Waals surface area contributed by atoms with Crippen LogP contribution in [-0.2, 0) is 0 Å². The Morgan fingerprint density at radius 2 is 2.22 bits per heavy atom. The number of hydrogen-bond acceptors (Lipinski definition) is 3. The highest BCUT2D eigenvalue weighted by atomic mass is 79.9. The summed E-state index contributed by atoms with van der Waals surface area (Å²) in [6, 6.07) is 5.23. The first-order valence-electron chi connectivity index (χ1n) is 5.09. The number of nitrogens with two attached hydrogens (primary N) is 1. The molecule has 1 aromatic carbocycles. The van der Waals surface area contributed by atoms with Crippen molar-refractivity contribution in [2.45, 2.75) is 6.92 Å². The lowest BCUT2D eigenvalue weighted by Crippen LogP contribution is -2.11. The Morgan fingerprint density at radius 1 is 1.50 bits per heavy atom. The van der Waals surface area contributed by atoms with E-state index in [2.05, 4.69) is 21.2 Å². The molecule has 0 aliphatic carbocycles. The molecule has 3 N–H and O–H groups in total. The average molecular weight is 346 g/mol. The van der Waals surface area contributed by atoms with Gasteiger partial charge in [-0.3, -0.25) is 4.79 Å². The van der Waals surface area contributed by atoms with Crippen LogP contribution in [0.4, 0.5) is 11.4 Å². The van der Waals surface area contributed by atoms with Gasteiger partial charge in [-0.1, -0.05) is 11.6 Å². The summed E-state index contributed by atoms with van der Waals surface area (Å²) in [6.45, 7) is 1.87. The van der Waals surface area contributed by atoms with E-state index < -0.39 is 0 Å². The number of aryl methyl sites for hydroxylation is 1. The average Bonchev–Trinajstić information content (AvgIpc) is 2.65. The highest BCUT2D eigenvalue weighted by Gasteiger charge is 2.15. The Labute approximate surface area is 122 Å². The predicted octanol–water partition coefficient (Wildman–Crippen LogP) is 4.31. The Balaban J connectivity index is 2.27. The van der Waals surface area contributed by atoms with E-state index in [1.165, 1.54) is 11.3 Å². The van der Waals surface area contributed by atoms with Gasteiger partial charge in [-0.05, 0) is 52.0 Å². The SMILES string of the molecule is Cc1csc(C(=O)Nc2cc(N)ccc2Br)c1Cl. The molecule has 2 aromatic rings. The molecule has 0 aliphatic rings. The minimum atomic E-state index is -0.232. The number of rotatable bonds is 2. The first-order valence-corrected chi connectivity index (χ1v) is 7.14. The van der Waals surface area contributed by atoms with E-state index >= 15 is 0 Å².